The van der Waals surface area contributed by atoms with Crippen molar-refractivity contribution in [3.05, 3.63) is 88.6 Å². The maximum atomic E-state index is 12.1. The molecular weight excluding hydrogens is 380 g/mol. The summed E-state index contributed by atoms with van der Waals surface area (Å²) in [7, 11) is 1.59. The van der Waals surface area contributed by atoms with E-state index in [2.05, 4.69) is 0 Å². The molecule has 0 saturated carbocycles. The van der Waals surface area contributed by atoms with Crippen molar-refractivity contribution in [2.75, 3.05) is 7.11 Å². The van der Waals surface area contributed by atoms with E-state index >= 15 is 0 Å². The van der Waals surface area contributed by atoms with Crippen LogP contribution in [0.5, 0.6) is 5.75 Å². The highest BCUT2D eigenvalue weighted by Gasteiger charge is 2.23. The number of ether oxygens (including phenoxy) is 1. The third-order valence-electron chi connectivity index (χ3n) is 5.31. The number of fused-ring (bicyclic) bond motifs is 4. The molecule has 5 rings (SSSR count). The van der Waals surface area contributed by atoms with Crippen molar-refractivity contribution in [1.82, 2.24) is 0 Å². The standard InChI is InChI=1S/C25H16O5/c1-29-20-8-4-5-14-9-11-19-23(16-6-2-3-7-17(16)25(27)28)18-12-10-15(26)13-21(18)30-24(19)22(14)20/h2-13H,1H3,(H,27,28). The Bertz CT molecular complexity index is 1480. The van der Waals surface area contributed by atoms with E-state index in [9.17, 15) is 14.7 Å². The fourth-order valence-corrected chi connectivity index (χ4v) is 4.01. The zero-order valence-corrected chi connectivity index (χ0v) is 16.0. The lowest BCUT2D eigenvalue weighted by Crippen LogP contribution is -2.03. The van der Waals surface area contributed by atoms with Gasteiger partial charge in [0.25, 0.3) is 0 Å². The molecule has 0 unspecified atom stereocenters. The summed E-state index contributed by atoms with van der Waals surface area (Å²) >= 11 is 0. The van der Waals surface area contributed by atoms with Gasteiger partial charge in [-0.2, -0.15) is 0 Å². The lowest BCUT2D eigenvalue weighted by molar-refractivity contribution is 0.0697. The second-order valence-corrected chi connectivity index (χ2v) is 6.99. The maximum Gasteiger partial charge on any atom is 0.336 e. The van der Waals surface area contributed by atoms with Crippen molar-refractivity contribution >= 4 is 27.7 Å². The van der Waals surface area contributed by atoms with Crippen molar-refractivity contribution in [2.24, 2.45) is 0 Å². The molecule has 0 radical (unpaired) electrons. The first kappa shape index (κ1) is 17.9. The van der Waals surface area contributed by atoms with E-state index < -0.39 is 5.97 Å². The highest BCUT2D eigenvalue weighted by atomic mass is 16.5. The van der Waals surface area contributed by atoms with Gasteiger partial charge in [0.15, 0.2) is 5.43 Å². The molecule has 5 nitrogen and oxygen atoms in total. The van der Waals surface area contributed by atoms with Crippen LogP contribution in [0.15, 0.2) is 82.0 Å². The fourth-order valence-electron chi connectivity index (χ4n) is 4.01. The van der Waals surface area contributed by atoms with Crippen LogP contribution in [0.4, 0.5) is 0 Å². The maximum absolute atomic E-state index is 12.1. The Morgan fingerprint density at radius 3 is 2.57 bits per heavy atom. The molecule has 3 aromatic carbocycles. The molecule has 3 aromatic rings. The van der Waals surface area contributed by atoms with E-state index in [0.717, 1.165) is 16.2 Å². The van der Waals surface area contributed by atoms with Gasteiger partial charge in [-0.15, -0.1) is 0 Å². The van der Waals surface area contributed by atoms with E-state index in [-0.39, 0.29) is 11.0 Å². The quantitative estimate of drug-likeness (QED) is 0.325. The molecule has 0 spiro atoms. The largest absolute Gasteiger partial charge is 0.496 e. The molecule has 30 heavy (non-hydrogen) atoms. The molecule has 1 N–H and O–H groups in total. The van der Waals surface area contributed by atoms with Crippen LogP contribution in [0, 0.1) is 0 Å². The summed E-state index contributed by atoms with van der Waals surface area (Å²) in [6.07, 6.45) is 0. The topological polar surface area (TPSA) is 76.7 Å². The van der Waals surface area contributed by atoms with Crippen molar-refractivity contribution in [1.29, 1.82) is 0 Å². The molecule has 1 aliphatic heterocycles. The van der Waals surface area contributed by atoms with E-state index in [1.165, 1.54) is 12.1 Å². The number of carboxylic acid groups (broad SMARTS) is 1. The molecule has 2 aliphatic rings. The summed E-state index contributed by atoms with van der Waals surface area (Å²) < 4.78 is 11.8. The third-order valence-corrected chi connectivity index (χ3v) is 5.31. The summed E-state index contributed by atoms with van der Waals surface area (Å²) in [5.74, 6) is 0.00653. The Balaban J connectivity index is 2.06. The van der Waals surface area contributed by atoms with Crippen LogP contribution in [0.3, 0.4) is 0 Å². The number of hydrogen-bond acceptors (Lipinski definition) is 4. The predicted molar refractivity (Wildman–Crippen MR) is 116 cm³/mol. The van der Waals surface area contributed by atoms with Crippen LogP contribution in [0.25, 0.3) is 44.2 Å². The van der Waals surface area contributed by atoms with Gasteiger partial charge in [0.1, 0.15) is 17.1 Å². The normalized spacial score (nSPS) is 11.2. The Hall–Kier alpha value is -4.12. The predicted octanol–water partition coefficient (Wildman–Crippen LogP) is 5.42. The van der Waals surface area contributed by atoms with Gasteiger partial charge in [-0.1, -0.05) is 36.4 Å². The average Bonchev–Trinajstić information content (AvgIpc) is 2.76. The first-order valence-electron chi connectivity index (χ1n) is 9.37. The van der Waals surface area contributed by atoms with Crippen LogP contribution in [0.1, 0.15) is 10.4 Å². The number of rotatable bonds is 3. The first-order chi connectivity index (χ1) is 14.6. The Kier molecular flexibility index (Phi) is 4.03. The highest BCUT2D eigenvalue weighted by molar-refractivity contribution is 6.15. The number of carboxylic acids is 1. The van der Waals surface area contributed by atoms with Gasteiger partial charge in [0.05, 0.1) is 18.1 Å². The molecule has 146 valence electrons. The van der Waals surface area contributed by atoms with E-state index in [1.54, 1.807) is 37.4 Å². The van der Waals surface area contributed by atoms with Crippen LogP contribution in [-0.4, -0.2) is 18.2 Å². The van der Waals surface area contributed by atoms with Crippen LogP contribution in [-0.2, 0) is 0 Å². The lowest BCUT2D eigenvalue weighted by atomic mass is 9.90. The van der Waals surface area contributed by atoms with Crippen molar-refractivity contribution in [2.45, 2.75) is 0 Å². The Morgan fingerprint density at radius 1 is 0.933 bits per heavy atom. The number of aromatic carboxylic acids is 1. The first-order valence-corrected chi connectivity index (χ1v) is 9.37. The Labute approximate surface area is 171 Å². The number of hydrogen-bond donors (Lipinski definition) is 1. The summed E-state index contributed by atoms with van der Waals surface area (Å²) in [4.78, 5) is 24.0. The van der Waals surface area contributed by atoms with Gasteiger partial charge in [-0.3, -0.25) is 4.79 Å². The van der Waals surface area contributed by atoms with Gasteiger partial charge in [-0.25, -0.2) is 4.79 Å². The second kappa shape index (κ2) is 6.74. The molecular formula is C25H16O5. The molecule has 0 atom stereocenters. The van der Waals surface area contributed by atoms with Gasteiger partial charge < -0.3 is 14.3 Å². The second-order valence-electron chi connectivity index (χ2n) is 6.99. The van der Waals surface area contributed by atoms with Crippen LogP contribution < -0.4 is 10.2 Å². The van der Waals surface area contributed by atoms with Crippen LogP contribution in [0.2, 0.25) is 0 Å². The van der Waals surface area contributed by atoms with Crippen molar-refractivity contribution in [3.8, 4) is 28.2 Å². The minimum atomic E-state index is -1.02. The van der Waals surface area contributed by atoms with Gasteiger partial charge in [0.2, 0.25) is 0 Å². The monoisotopic (exact) mass is 396 g/mol. The molecule has 0 bridgehead atoms. The molecule has 5 heteroatoms. The SMILES string of the molecule is COc1cccc2ccc3c(-c4ccccc4C(=O)O)c4ccc(=O)cc-4oc3c12. The average molecular weight is 396 g/mol. The molecule has 0 fully saturated rings. The van der Waals surface area contributed by atoms with Crippen molar-refractivity contribution < 1.29 is 19.1 Å². The molecule has 0 aromatic heterocycles. The smallest absolute Gasteiger partial charge is 0.336 e. The molecule has 0 amide bonds. The minimum absolute atomic E-state index is 0.178. The van der Waals surface area contributed by atoms with Gasteiger partial charge in [0, 0.05) is 22.6 Å². The van der Waals surface area contributed by atoms with E-state index in [0.29, 0.717) is 33.8 Å². The highest BCUT2D eigenvalue weighted by Crippen LogP contribution is 2.44. The van der Waals surface area contributed by atoms with Crippen molar-refractivity contribution in [3.63, 3.8) is 0 Å². The zero-order chi connectivity index (χ0) is 20.8. The third kappa shape index (κ3) is 2.63. The number of carbonyl (C=O) groups is 1. The van der Waals surface area contributed by atoms with E-state index in [1.807, 2.05) is 30.3 Å². The number of benzene rings is 4. The zero-order valence-electron chi connectivity index (χ0n) is 16.0. The lowest BCUT2D eigenvalue weighted by Gasteiger charge is -2.18. The van der Waals surface area contributed by atoms with Gasteiger partial charge >= 0.3 is 5.97 Å². The summed E-state index contributed by atoms with van der Waals surface area (Å²) in [5, 5.41) is 12.2. The minimum Gasteiger partial charge on any atom is -0.496 e. The van der Waals surface area contributed by atoms with Crippen LogP contribution >= 0.6 is 0 Å². The molecule has 1 aliphatic carbocycles. The summed E-state index contributed by atoms with van der Waals surface area (Å²) in [6.45, 7) is 0. The summed E-state index contributed by atoms with van der Waals surface area (Å²) in [6, 6.07) is 21.0. The molecule has 0 saturated heterocycles. The molecule has 1 heterocycles. The van der Waals surface area contributed by atoms with Gasteiger partial charge in [-0.05, 0) is 41.3 Å². The fraction of sp³-hybridized carbons (Fsp3) is 0.0400. The summed E-state index contributed by atoms with van der Waals surface area (Å²) in [5.41, 5.74) is 2.47. The van der Waals surface area contributed by atoms with E-state index in [4.69, 9.17) is 9.15 Å². The Morgan fingerprint density at radius 2 is 1.77 bits per heavy atom. The number of methoxy groups -OCH3 is 1.